The Labute approximate surface area is 110 Å². The number of benzene rings is 1. The number of aryl methyl sites for hydroxylation is 2. The second kappa shape index (κ2) is 7.52. The molecule has 1 rings (SSSR count). The molecule has 0 radical (unpaired) electrons. The predicted molar refractivity (Wildman–Crippen MR) is 76.6 cm³/mol. The maximum absolute atomic E-state index is 8.85. The zero-order valence-corrected chi connectivity index (χ0v) is 11.7. The maximum Gasteiger partial charge on any atom is 0.0449 e. The molecule has 2 atom stereocenters. The Hall–Kier alpha value is -0.900. The summed E-state index contributed by atoms with van der Waals surface area (Å²) >= 11 is 0. The third-order valence-electron chi connectivity index (χ3n) is 3.32. The lowest BCUT2D eigenvalue weighted by Crippen LogP contribution is -2.35. The lowest BCUT2D eigenvalue weighted by molar-refractivity contribution is 0.274. The van der Waals surface area contributed by atoms with Crippen LogP contribution in [0.1, 0.15) is 42.5 Å². The summed E-state index contributed by atoms with van der Waals surface area (Å²) in [5.41, 5.74) is 9.72. The van der Waals surface area contributed by atoms with Gasteiger partial charge in [0.05, 0.1) is 0 Å². The van der Waals surface area contributed by atoms with Crippen LogP contribution in [0.2, 0.25) is 0 Å². The third kappa shape index (κ3) is 4.41. The Bertz CT molecular complexity index is 366. The molecule has 4 N–H and O–H groups in total. The largest absolute Gasteiger partial charge is 0.396 e. The molecule has 0 aliphatic heterocycles. The molecule has 1 aromatic carbocycles. The monoisotopic (exact) mass is 250 g/mol. The fourth-order valence-corrected chi connectivity index (χ4v) is 2.33. The zero-order valence-electron chi connectivity index (χ0n) is 11.7. The molecule has 0 bridgehead atoms. The topological polar surface area (TPSA) is 58.3 Å². The van der Waals surface area contributed by atoms with Crippen LogP contribution in [0.25, 0.3) is 0 Å². The van der Waals surface area contributed by atoms with E-state index in [1.54, 1.807) is 0 Å². The van der Waals surface area contributed by atoms with Crippen molar-refractivity contribution in [3.63, 3.8) is 0 Å². The Morgan fingerprint density at radius 1 is 1.33 bits per heavy atom. The third-order valence-corrected chi connectivity index (χ3v) is 3.32. The van der Waals surface area contributed by atoms with Crippen LogP contribution < -0.4 is 11.1 Å². The van der Waals surface area contributed by atoms with Gasteiger partial charge in [-0.15, -0.1) is 0 Å². The van der Waals surface area contributed by atoms with Crippen LogP contribution in [-0.4, -0.2) is 24.3 Å². The molecule has 0 aromatic heterocycles. The number of aliphatic hydroxyl groups excluding tert-OH is 1. The first-order chi connectivity index (χ1) is 8.58. The lowest BCUT2D eigenvalue weighted by Gasteiger charge is -2.24. The van der Waals surface area contributed by atoms with Gasteiger partial charge in [0.1, 0.15) is 0 Å². The Morgan fingerprint density at radius 2 is 2.06 bits per heavy atom. The first-order valence-corrected chi connectivity index (χ1v) is 6.72. The zero-order chi connectivity index (χ0) is 13.5. The van der Waals surface area contributed by atoms with Crippen molar-refractivity contribution in [1.82, 2.24) is 5.32 Å². The second-order valence-electron chi connectivity index (χ2n) is 5.08. The molecule has 0 saturated carbocycles. The molecular weight excluding hydrogens is 224 g/mol. The minimum Gasteiger partial charge on any atom is -0.396 e. The minimum absolute atomic E-state index is 0.194. The number of hydrogen-bond donors (Lipinski definition) is 3. The molecule has 1 aromatic rings. The molecule has 102 valence electrons. The summed E-state index contributed by atoms with van der Waals surface area (Å²) in [5, 5.41) is 12.4. The van der Waals surface area contributed by atoms with Crippen LogP contribution in [0.3, 0.4) is 0 Å². The van der Waals surface area contributed by atoms with Crippen molar-refractivity contribution in [1.29, 1.82) is 0 Å². The smallest absolute Gasteiger partial charge is 0.0449 e. The fraction of sp³-hybridized carbons (Fsp3) is 0.600. The lowest BCUT2D eigenvalue weighted by atomic mass is 9.98. The summed E-state index contributed by atoms with van der Waals surface area (Å²) in [7, 11) is 0. The average molecular weight is 250 g/mol. The summed E-state index contributed by atoms with van der Waals surface area (Å²) in [4.78, 5) is 0. The minimum atomic E-state index is 0.194. The van der Waals surface area contributed by atoms with Crippen molar-refractivity contribution < 1.29 is 5.11 Å². The summed E-state index contributed by atoms with van der Waals surface area (Å²) in [6.45, 7) is 7.22. The van der Waals surface area contributed by atoms with E-state index in [1.165, 1.54) is 16.7 Å². The van der Waals surface area contributed by atoms with Gasteiger partial charge in [0.25, 0.3) is 0 Å². The Morgan fingerprint density at radius 3 is 2.61 bits per heavy atom. The van der Waals surface area contributed by atoms with E-state index in [9.17, 15) is 0 Å². The van der Waals surface area contributed by atoms with Crippen LogP contribution in [0.4, 0.5) is 0 Å². The molecule has 0 aliphatic carbocycles. The van der Waals surface area contributed by atoms with Crippen molar-refractivity contribution in [2.75, 3.05) is 13.2 Å². The van der Waals surface area contributed by atoms with Crippen molar-refractivity contribution in [2.24, 2.45) is 5.73 Å². The average Bonchev–Trinajstić information content (AvgIpc) is 2.34. The molecule has 3 heteroatoms. The molecule has 0 fully saturated rings. The predicted octanol–water partition coefficient (Wildman–Crippen LogP) is 2.05. The van der Waals surface area contributed by atoms with Crippen molar-refractivity contribution in [2.45, 2.75) is 45.7 Å². The van der Waals surface area contributed by atoms with E-state index in [1.807, 2.05) is 0 Å². The van der Waals surface area contributed by atoms with Gasteiger partial charge in [0, 0.05) is 25.2 Å². The van der Waals surface area contributed by atoms with E-state index >= 15 is 0 Å². The van der Waals surface area contributed by atoms with Crippen LogP contribution >= 0.6 is 0 Å². The van der Waals surface area contributed by atoms with E-state index in [0.717, 1.165) is 12.8 Å². The highest BCUT2D eigenvalue weighted by molar-refractivity contribution is 5.33. The first-order valence-electron chi connectivity index (χ1n) is 6.72. The van der Waals surface area contributed by atoms with Crippen molar-refractivity contribution in [3.05, 3.63) is 34.9 Å². The molecular formula is C15H26N2O. The highest BCUT2D eigenvalue weighted by atomic mass is 16.2. The SMILES string of the molecule is Cc1ccc(C(CN)NC(C)CCCO)c(C)c1. The van der Waals surface area contributed by atoms with Gasteiger partial charge in [-0.2, -0.15) is 0 Å². The molecule has 2 unspecified atom stereocenters. The highest BCUT2D eigenvalue weighted by Gasteiger charge is 2.14. The van der Waals surface area contributed by atoms with E-state index in [0.29, 0.717) is 12.6 Å². The normalized spacial score (nSPS) is 14.5. The molecule has 3 nitrogen and oxygen atoms in total. The van der Waals surface area contributed by atoms with Crippen molar-refractivity contribution >= 4 is 0 Å². The Balaban J connectivity index is 2.70. The van der Waals surface area contributed by atoms with E-state index in [4.69, 9.17) is 10.8 Å². The van der Waals surface area contributed by atoms with Gasteiger partial charge in [-0.05, 0) is 44.7 Å². The summed E-state index contributed by atoms with van der Waals surface area (Å²) < 4.78 is 0. The summed E-state index contributed by atoms with van der Waals surface area (Å²) in [6.07, 6.45) is 1.80. The van der Waals surface area contributed by atoms with Gasteiger partial charge in [-0.1, -0.05) is 23.8 Å². The summed E-state index contributed by atoms with van der Waals surface area (Å²) in [6, 6.07) is 7.04. The number of nitrogens with two attached hydrogens (primary N) is 1. The Kier molecular flexibility index (Phi) is 6.33. The molecule has 0 spiro atoms. The van der Waals surface area contributed by atoms with Crippen molar-refractivity contribution in [3.8, 4) is 0 Å². The van der Waals surface area contributed by atoms with Gasteiger partial charge in [0.2, 0.25) is 0 Å². The molecule has 0 heterocycles. The highest BCUT2D eigenvalue weighted by Crippen LogP contribution is 2.19. The van der Waals surface area contributed by atoms with Gasteiger partial charge >= 0.3 is 0 Å². The number of rotatable bonds is 7. The molecule has 0 saturated heterocycles. The van der Waals surface area contributed by atoms with E-state index in [2.05, 4.69) is 44.3 Å². The van der Waals surface area contributed by atoms with Crippen LogP contribution in [-0.2, 0) is 0 Å². The standard InChI is InChI=1S/C15H26N2O/c1-11-6-7-14(12(2)9-11)15(10-16)17-13(3)5-4-8-18/h6-7,9,13,15,17-18H,4-5,8,10,16H2,1-3H3. The number of nitrogens with one attached hydrogen (secondary N) is 1. The molecule has 18 heavy (non-hydrogen) atoms. The van der Waals surface area contributed by atoms with Gasteiger partial charge in [-0.25, -0.2) is 0 Å². The van der Waals surface area contributed by atoms with Gasteiger partial charge in [0.15, 0.2) is 0 Å². The van der Waals surface area contributed by atoms with E-state index in [-0.39, 0.29) is 12.6 Å². The maximum atomic E-state index is 8.85. The molecule has 0 aliphatic rings. The van der Waals surface area contributed by atoms with E-state index < -0.39 is 0 Å². The van der Waals surface area contributed by atoms with Crippen LogP contribution in [0.15, 0.2) is 18.2 Å². The van der Waals surface area contributed by atoms with Gasteiger partial charge < -0.3 is 16.2 Å². The first kappa shape index (κ1) is 15.2. The van der Waals surface area contributed by atoms with Crippen LogP contribution in [0.5, 0.6) is 0 Å². The molecule has 0 amide bonds. The van der Waals surface area contributed by atoms with Crippen LogP contribution in [0, 0.1) is 13.8 Å². The second-order valence-corrected chi connectivity index (χ2v) is 5.08. The quantitative estimate of drug-likeness (QED) is 0.694. The number of hydrogen-bond acceptors (Lipinski definition) is 3. The summed E-state index contributed by atoms with van der Waals surface area (Å²) in [5.74, 6) is 0. The number of aliphatic hydroxyl groups is 1. The van der Waals surface area contributed by atoms with Gasteiger partial charge in [-0.3, -0.25) is 0 Å². The fourth-order valence-electron chi connectivity index (χ4n) is 2.33.